The number of amides is 5. The lowest BCUT2D eigenvalue weighted by Crippen LogP contribution is -2.48. The van der Waals surface area contributed by atoms with Gasteiger partial charge in [0.1, 0.15) is 11.8 Å². The number of aromatic hydroxyl groups is 1. The Hall–Kier alpha value is -5.63. The summed E-state index contributed by atoms with van der Waals surface area (Å²) in [5.74, 6) is -1.53. The molecule has 3 rings (SSSR count). The van der Waals surface area contributed by atoms with Gasteiger partial charge in [-0.15, -0.1) is 0 Å². The van der Waals surface area contributed by atoms with E-state index in [2.05, 4.69) is 36.9 Å². The molecular formula is C36H49N9O5. The standard InChI is InChI=1S/C36H49N9O5/c1-2-31(47)40-22-23-42-36(50)45-35(38)41-20-6-10-30(33(48)43-24-25-11-17-29(46)18-12-25)44-34(49)32(26-8-4-3-5-9-26)27-13-15-28(16-14-27)39-21-7-19-37/h3-5,8-9,11-18,30,32,39,46H,2,6-7,10,19-24,37H2,1H3,(H,40,47)(H,43,48)(H,44,49)(H4,38,41,42,45,50). The van der Waals surface area contributed by atoms with Crippen molar-refractivity contribution in [1.29, 1.82) is 0 Å². The molecule has 3 aromatic carbocycles. The Morgan fingerprint density at radius 2 is 1.48 bits per heavy atom. The van der Waals surface area contributed by atoms with Crippen molar-refractivity contribution in [1.82, 2.24) is 26.6 Å². The Balaban J connectivity index is 1.69. The second kappa shape index (κ2) is 21.4. The maximum atomic E-state index is 14.0. The van der Waals surface area contributed by atoms with Gasteiger partial charge in [-0.3, -0.25) is 24.7 Å². The molecule has 0 radical (unpaired) electrons. The van der Waals surface area contributed by atoms with Crippen molar-refractivity contribution in [3.8, 4) is 5.75 Å². The highest BCUT2D eigenvalue weighted by Gasteiger charge is 2.28. The van der Waals surface area contributed by atoms with Crippen LogP contribution in [0.4, 0.5) is 10.5 Å². The number of rotatable bonds is 19. The van der Waals surface area contributed by atoms with E-state index in [1.807, 2.05) is 54.6 Å². The molecule has 50 heavy (non-hydrogen) atoms. The summed E-state index contributed by atoms with van der Waals surface area (Å²) < 4.78 is 0. The van der Waals surface area contributed by atoms with Crippen LogP contribution in [0.3, 0.4) is 0 Å². The maximum absolute atomic E-state index is 14.0. The van der Waals surface area contributed by atoms with E-state index in [9.17, 15) is 24.3 Å². The summed E-state index contributed by atoms with van der Waals surface area (Å²) in [7, 11) is 0. The van der Waals surface area contributed by atoms with E-state index >= 15 is 0 Å². The Bertz CT molecular complexity index is 1530. The number of guanidine groups is 1. The quantitative estimate of drug-likeness (QED) is 0.0514. The summed E-state index contributed by atoms with van der Waals surface area (Å²) in [5.41, 5.74) is 14.7. The van der Waals surface area contributed by atoms with Crippen molar-refractivity contribution in [2.24, 2.45) is 16.5 Å². The van der Waals surface area contributed by atoms with Crippen molar-refractivity contribution in [3.63, 3.8) is 0 Å². The van der Waals surface area contributed by atoms with Crippen molar-refractivity contribution in [2.75, 3.05) is 38.0 Å². The molecule has 0 aliphatic rings. The predicted molar refractivity (Wildman–Crippen MR) is 194 cm³/mol. The van der Waals surface area contributed by atoms with Crippen LogP contribution in [0.2, 0.25) is 0 Å². The Kier molecular flexibility index (Phi) is 16.6. The van der Waals surface area contributed by atoms with Crippen molar-refractivity contribution < 1.29 is 24.3 Å². The van der Waals surface area contributed by atoms with E-state index in [4.69, 9.17) is 11.5 Å². The first-order valence-electron chi connectivity index (χ1n) is 16.8. The number of aliphatic imine (C=N–C) groups is 1. The first kappa shape index (κ1) is 38.8. The fraction of sp³-hybridized carbons (Fsp3) is 0.361. The average Bonchev–Trinajstić information content (AvgIpc) is 3.12. The van der Waals surface area contributed by atoms with Crippen LogP contribution in [0.5, 0.6) is 5.75 Å². The van der Waals surface area contributed by atoms with Gasteiger partial charge in [-0.1, -0.05) is 61.5 Å². The number of phenolic OH excluding ortho intramolecular Hbond substituents is 1. The fourth-order valence-electron chi connectivity index (χ4n) is 4.92. The molecule has 14 heteroatoms. The second-order valence-corrected chi connectivity index (χ2v) is 11.5. The molecule has 14 nitrogen and oxygen atoms in total. The Morgan fingerprint density at radius 3 is 2.16 bits per heavy atom. The number of benzene rings is 3. The van der Waals surface area contributed by atoms with E-state index in [-0.39, 0.29) is 62.0 Å². The van der Waals surface area contributed by atoms with E-state index < -0.39 is 18.0 Å². The third kappa shape index (κ3) is 13.8. The van der Waals surface area contributed by atoms with Gasteiger partial charge in [0.2, 0.25) is 17.7 Å². The largest absolute Gasteiger partial charge is 0.508 e. The first-order chi connectivity index (χ1) is 24.2. The molecule has 0 heterocycles. The monoisotopic (exact) mass is 687 g/mol. The third-order valence-electron chi connectivity index (χ3n) is 7.61. The van der Waals surface area contributed by atoms with Gasteiger partial charge in [0.05, 0.1) is 5.92 Å². The van der Waals surface area contributed by atoms with Crippen LogP contribution in [0, 0.1) is 0 Å². The maximum Gasteiger partial charge on any atom is 0.321 e. The van der Waals surface area contributed by atoms with E-state index in [0.29, 0.717) is 19.4 Å². The van der Waals surface area contributed by atoms with E-state index in [1.165, 1.54) is 12.1 Å². The summed E-state index contributed by atoms with van der Waals surface area (Å²) in [6.07, 6.45) is 1.78. The lowest BCUT2D eigenvalue weighted by atomic mass is 9.90. The minimum absolute atomic E-state index is 0.109. The lowest BCUT2D eigenvalue weighted by Gasteiger charge is -2.23. The molecule has 2 atom stereocenters. The number of nitrogens with two attached hydrogens (primary N) is 2. The summed E-state index contributed by atoms with van der Waals surface area (Å²) >= 11 is 0. The molecular weight excluding hydrogens is 638 g/mol. The fourth-order valence-corrected chi connectivity index (χ4v) is 4.92. The number of phenols is 1. The van der Waals surface area contributed by atoms with Crippen molar-refractivity contribution in [2.45, 2.75) is 51.1 Å². The molecule has 0 aliphatic carbocycles. The van der Waals surface area contributed by atoms with Crippen LogP contribution in [-0.2, 0) is 20.9 Å². The van der Waals surface area contributed by atoms with Crippen LogP contribution in [-0.4, -0.2) is 73.6 Å². The molecule has 5 amide bonds. The van der Waals surface area contributed by atoms with Gasteiger partial charge in [0, 0.05) is 44.8 Å². The van der Waals surface area contributed by atoms with Crippen LogP contribution >= 0.6 is 0 Å². The molecule has 3 aromatic rings. The smallest absolute Gasteiger partial charge is 0.321 e. The topological polar surface area (TPSA) is 225 Å². The van der Waals surface area contributed by atoms with Gasteiger partial charge in [0.25, 0.3) is 0 Å². The molecule has 2 unspecified atom stereocenters. The molecule has 0 fully saturated rings. The Labute approximate surface area is 292 Å². The molecule has 0 spiro atoms. The summed E-state index contributed by atoms with van der Waals surface area (Å²) in [6, 6.07) is 22.0. The zero-order valence-electron chi connectivity index (χ0n) is 28.4. The zero-order valence-corrected chi connectivity index (χ0v) is 28.4. The summed E-state index contributed by atoms with van der Waals surface area (Å²) in [6.45, 7) is 3.92. The van der Waals surface area contributed by atoms with Crippen LogP contribution in [0.25, 0.3) is 0 Å². The van der Waals surface area contributed by atoms with Crippen LogP contribution in [0.15, 0.2) is 83.9 Å². The Morgan fingerprint density at radius 1 is 0.800 bits per heavy atom. The summed E-state index contributed by atoms with van der Waals surface area (Å²) in [4.78, 5) is 55.1. The highest BCUT2D eigenvalue weighted by Crippen LogP contribution is 2.27. The number of anilines is 1. The van der Waals surface area contributed by atoms with E-state index in [0.717, 1.165) is 35.3 Å². The van der Waals surface area contributed by atoms with Gasteiger partial charge in [-0.25, -0.2) is 4.79 Å². The van der Waals surface area contributed by atoms with Gasteiger partial charge in [-0.05, 0) is 66.8 Å². The molecule has 0 saturated heterocycles. The number of nitrogens with zero attached hydrogens (tertiary/aromatic N) is 1. The number of carbonyl (C=O) groups is 4. The van der Waals surface area contributed by atoms with Gasteiger partial charge >= 0.3 is 6.03 Å². The van der Waals surface area contributed by atoms with Crippen LogP contribution < -0.4 is 43.4 Å². The first-order valence-corrected chi connectivity index (χ1v) is 16.8. The number of hydrogen-bond acceptors (Lipinski definition) is 8. The normalized spacial score (nSPS) is 12.2. The number of nitrogens with one attached hydrogen (secondary N) is 6. The molecule has 11 N–H and O–H groups in total. The highest BCUT2D eigenvalue weighted by molar-refractivity contribution is 5.95. The molecule has 0 aromatic heterocycles. The zero-order chi connectivity index (χ0) is 36.1. The third-order valence-corrected chi connectivity index (χ3v) is 7.61. The van der Waals surface area contributed by atoms with Crippen molar-refractivity contribution >= 4 is 35.4 Å². The number of urea groups is 1. The predicted octanol–water partition coefficient (Wildman–Crippen LogP) is 2.01. The molecule has 268 valence electrons. The summed E-state index contributed by atoms with van der Waals surface area (Å²) in [5, 5.41) is 26.4. The van der Waals surface area contributed by atoms with Crippen molar-refractivity contribution in [3.05, 3.63) is 95.6 Å². The SMILES string of the molecule is CCC(=O)NCCNC(=O)NC(N)=NCCCC(NC(=O)C(c1ccccc1)c1ccc(NCCCN)cc1)C(=O)NCc1ccc(O)cc1. The number of hydrogen-bond donors (Lipinski definition) is 9. The van der Waals surface area contributed by atoms with E-state index in [1.54, 1.807) is 19.1 Å². The second-order valence-electron chi connectivity index (χ2n) is 11.5. The van der Waals surface area contributed by atoms with Gasteiger partial charge in [0.15, 0.2) is 5.96 Å². The average molecular weight is 688 g/mol. The number of carbonyl (C=O) groups excluding carboxylic acids is 4. The van der Waals surface area contributed by atoms with Gasteiger partial charge < -0.3 is 43.2 Å². The molecule has 0 saturated carbocycles. The van der Waals surface area contributed by atoms with Gasteiger partial charge in [-0.2, -0.15) is 0 Å². The van der Waals surface area contributed by atoms with Crippen LogP contribution in [0.1, 0.15) is 55.2 Å². The minimum Gasteiger partial charge on any atom is -0.508 e. The molecule has 0 bridgehead atoms. The highest BCUT2D eigenvalue weighted by atomic mass is 16.3. The lowest BCUT2D eigenvalue weighted by molar-refractivity contribution is -0.129. The molecule has 0 aliphatic heterocycles. The minimum atomic E-state index is -0.908.